The van der Waals surface area contributed by atoms with Crippen molar-refractivity contribution in [2.45, 2.75) is 11.8 Å². The van der Waals surface area contributed by atoms with Gasteiger partial charge in [0.2, 0.25) is 0 Å². The lowest BCUT2D eigenvalue weighted by atomic mass is 10.2. The van der Waals surface area contributed by atoms with Gasteiger partial charge >= 0.3 is 0 Å². The molecule has 3 aromatic rings. The number of carbonyl (C=O) groups is 1. The second kappa shape index (κ2) is 5.15. The first kappa shape index (κ1) is 13.0. The van der Waals surface area contributed by atoms with Crippen molar-refractivity contribution in [3.8, 4) is 0 Å². The Kier molecular flexibility index (Phi) is 3.34. The van der Waals surface area contributed by atoms with E-state index in [1.807, 2.05) is 55.5 Å². The molecule has 0 bridgehead atoms. The molecule has 1 aromatic heterocycles. The summed E-state index contributed by atoms with van der Waals surface area (Å²) in [6.07, 6.45) is 2.44. The first-order chi connectivity index (χ1) is 9.70. The third-order valence-corrected chi connectivity index (χ3v) is 4.57. The molecule has 1 heterocycles. The summed E-state index contributed by atoms with van der Waals surface area (Å²) >= 11 is -1.35. The number of para-hydroxylation sites is 1. The molecule has 0 fully saturated rings. The van der Waals surface area contributed by atoms with Crippen LogP contribution >= 0.6 is 0 Å². The molecule has 4 heteroatoms. The van der Waals surface area contributed by atoms with Gasteiger partial charge in [0.05, 0.1) is 11.7 Å². The summed E-state index contributed by atoms with van der Waals surface area (Å²) in [7, 11) is 0. The zero-order chi connectivity index (χ0) is 14.1. The van der Waals surface area contributed by atoms with Crippen LogP contribution < -0.4 is 0 Å². The van der Waals surface area contributed by atoms with Gasteiger partial charge in [-0.2, -0.15) is 3.97 Å². The maximum Gasteiger partial charge on any atom is 0.180 e. The number of benzene rings is 2. The Morgan fingerprint density at radius 3 is 2.50 bits per heavy atom. The largest absolute Gasteiger partial charge is 0.587 e. The first-order valence-corrected chi connectivity index (χ1v) is 7.35. The molecular weight excluding hydrogens is 270 g/mol. The van der Waals surface area contributed by atoms with Crippen molar-refractivity contribution in [3.63, 3.8) is 0 Å². The molecule has 1 unspecified atom stereocenters. The minimum atomic E-state index is -1.35. The molecule has 2 aromatic carbocycles. The Hall–Kier alpha value is -2.04. The topological polar surface area (TPSA) is 45.1 Å². The van der Waals surface area contributed by atoms with Gasteiger partial charge in [-0.1, -0.05) is 35.9 Å². The molecule has 0 saturated heterocycles. The number of fused-ring (bicyclic) bond motifs is 1. The third-order valence-electron chi connectivity index (χ3n) is 3.24. The van der Waals surface area contributed by atoms with Crippen LogP contribution in [0.15, 0.2) is 59.6 Å². The van der Waals surface area contributed by atoms with E-state index in [1.54, 1.807) is 10.2 Å². The molecule has 3 rings (SSSR count). The SMILES string of the molecule is Cc1ccc([S+]([O-])n2cc(C=O)c3ccccc32)cc1. The van der Waals surface area contributed by atoms with Gasteiger partial charge in [-0.05, 0) is 25.1 Å². The van der Waals surface area contributed by atoms with Crippen LogP contribution in [0.2, 0.25) is 0 Å². The van der Waals surface area contributed by atoms with Crippen LogP contribution in [-0.2, 0) is 11.4 Å². The van der Waals surface area contributed by atoms with Gasteiger partial charge in [0.15, 0.2) is 11.2 Å². The maximum absolute atomic E-state index is 12.7. The van der Waals surface area contributed by atoms with Gasteiger partial charge in [0.1, 0.15) is 11.4 Å². The van der Waals surface area contributed by atoms with E-state index in [4.69, 9.17) is 0 Å². The standard InChI is InChI=1S/C16H13NO2S/c1-12-6-8-14(9-7-12)20(19)17-10-13(11-18)15-4-2-3-5-16(15)17/h2-11H,1H3. The molecule has 0 aliphatic rings. The lowest BCUT2D eigenvalue weighted by molar-refractivity contribution is 0.112. The Balaban J connectivity index is 2.14. The van der Waals surface area contributed by atoms with E-state index in [2.05, 4.69) is 0 Å². The smallest absolute Gasteiger partial charge is 0.180 e. The Morgan fingerprint density at radius 1 is 1.10 bits per heavy atom. The van der Waals surface area contributed by atoms with E-state index in [0.717, 1.165) is 22.8 Å². The van der Waals surface area contributed by atoms with E-state index >= 15 is 0 Å². The van der Waals surface area contributed by atoms with Crippen molar-refractivity contribution < 1.29 is 9.35 Å². The molecule has 0 aliphatic carbocycles. The first-order valence-electron chi connectivity index (χ1n) is 6.25. The number of hydrogen-bond donors (Lipinski definition) is 0. The van der Waals surface area contributed by atoms with Gasteiger partial charge in [0.25, 0.3) is 0 Å². The molecule has 0 spiro atoms. The molecule has 0 saturated carbocycles. The van der Waals surface area contributed by atoms with Crippen LogP contribution in [0.5, 0.6) is 0 Å². The van der Waals surface area contributed by atoms with Gasteiger partial charge in [0, 0.05) is 10.9 Å². The maximum atomic E-state index is 12.7. The van der Waals surface area contributed by atoms with Crippen molar-refractivity contribution in [1.29, 1.82) is 0 Å². The molecule has 0 radical (unpaired) electrons. The molecule has 0 amide bonds. The normalized spacial score (nSPS) is 12.5. The molecule has 100 valence electrons. The number of aryl methyl sites for hydroxylation is 1. The predicted molar refractivity (Wildman–Crippen MR) is 80.3 cm³/mol. The van der Waals surface area contributed by atoms with Crippen molar-refractivity contribution in [2.75, 3.05) is 0 Å². The van der Waals surface area contributed by atoms with Crippen molar-refractivity contribution in [3.05, 3.63) is 65.9 Å². The van der Waals surface area contributed by atoms with E-state index in [-0.39, 0.29) is 0 Å². The average Bonchev–Trinajstić information content (AvgIpc) is 2.86. The van der Waals surface area contributed by atoms with Crippen molar-refractivity contribution in [1.82, 2.24) is 3.97 Å². The molecule has 3 nitrogen and oxygen atoms in total. The highest BCUT2D eigenvalue weighted by Crippen LogP contribution is 2.25. The fourth-order valence-corrected chi connectivity index (χ4v) is 3.32. The second-order valence-electron chi connectivity index (χ2n) is 4.61. The van der Waals surface area contributed by atoms with Crippen LogP contribution in [0, 0.1) is 6.92 Å². The number of aldehydes is 1. The van der Waals surface area contributed by atoms with Gasteiger partial charge in [-0.3, -0.25) is 4.79 Å². The molecular formula is C16H13NO2S. The molecule has 0 aliphatic heterocycles. The van der Waals surface area contributed by atoms with Gasteiger partial charge < -0.3 is 4.55 Å². The fraction of sp³-hybridized carbons (Fsp3) is 0.0625. The molecule has 1 atom stereocenters. The number of rotatable bonds is 3. The Bertz CT molecular complexity index is 762. The highest BCUT2D eigenvalue weighted by atomic mass is 32.2. The number of hydrogen-bond acceptors (Lipinski definition) is 2. The van der Waals surface area contributed by atoms with E-state index in [9.17, 15) is 9.35 Å². The number of nitrogens with zero attached hydrogens (tertiary/aromatic N) is 1. The van der Waals surface area contributed by atoms with Crippen molar-refractivity contribution in [2.24, 2.45) is 0 Å². The summed E-state index contributed by atoms with van der Waals surface area (Å²) in [6, 6.07) is 15.0. The van der Waals surface area contributed by atoms with E-state index in [0.29, 0.717) is 10.5 Å². The van der Waals surface area contributed by atoms with Gasteiger partial charge in [-0.25, -0.2) is 0 Å². The highest BCUT2D eigenvalue weighted by molar-refractivity contribution is 7.90. The number of carbonyl (C=O) groups excluding carboxylic acids is 1. The monoisotopic (exact) mass is 283 g/mol. The average molecular weight is 283 g/mol. The molecule has 0 N–H and O–H groups in total. The van der Waals surface area contributed by atoms with Crippen LogP contribution in [0.3, 0.4) is 0 Å². The van der Waals surface area contributed by atoms with Crippen LogP contribution in [0.4, 0.5) is 0 Å². The zero-order valence-electron chi connectivity index (χ0n) is 10.9. The summed E-state index contributed by atoms with van der Waals surface area (Å²) in [5.41, 5.74) is 2.48. The summed E-state index contributed by atoms with van der Waals surface area (Å²) in [5, 5.41) is 0.822. The quantitative estimate of drug-likeness (QED) is 0.546. The van der Waals surface area contributed by atoms with Gasteiger partial charge in [-0.15, -0.1) is 0 Å². The Morgan fingerprint density at radius 2 is 1.80 bits per heavy atom. The second-order valence-corrected chi connectivity index (χ2v) is 5.97. The summed E-state index contributed by atoms with van der Waals surface area (Å²) in [4.78, 5) is 11.8. The minimum Gasteiger partial charge on any atom is -0.587 e. The minimum absolute atomic E-state index is 0.557. The summed E-state index contributed by atoms with van der Waals surface area (Å²) < 4.78 is 14.3. The fourth-order valence-electron chi connectivity index (χ4n) is 2.17. The predicted octanol–water partition coefficient (Wildman–Crippen LogP) is 3.33. The lowest BCUT2D eigenvalue weighted by Crippen LogP contribution is -2.11. The van der Waals surface area contributed by atoms with Crippen LogP contribution in [0.1, 0.15) is 15.9 Å². The lowest BCUT2D eigenvalue weighted by Gasteiger charge is -2.11. The van der Waals surface area contributed by atoms with Crippen LogP contribution in [-0.4, -0.2) is 14.8 Å². The number of aromatic nitrogens is 1. The van der Waals surface area contributed by atoms with Crippen LogP contribution in [0.25, 0.3) is 10.9 Å². The van der Waals surface area contributed by atoms with E-state index in [1.165, 1.54) is 0 Å². The van der Waals surface area contributed by atoms with Crippen molar-refractivity contribution >= 4 is 28.6 Å². The molecule has 20 heavy (non-hydrogen) atoms. The van der Waals surface area contributed by atoms with E-state index < -0.39 is 11.4 Å². The highest BCUT2D eigenvalue weighted by Gasteiger charge is 2.19. The zero-order valence-corrected chi connectivity index (χ0v) is 11.8. The summed E-state index contributed by atoms with van der Waals surface area (Å²) in [5.74, 6) is 0. The Labute approximate surface area is 120 Å². The summed E-state index contributed by atoms with van der Waals surface area (Å²) in [6.45, 7) is 1.99. The third kappa shape index (κ3) is 2.13.